The van der Waals surface area contributed by atoms with Crippen LogP contribution in [-0.4, -0.2) is 36.7 Å². The molecule has 0 fully saturated rings. The molecule has 0 saturated carbocycles. The maximum absolute atomic E-state index is 12.2. The van der Waals surface area contributed by atoms with E-state index in [4.69, 9.17) is 9.47 Å². The lowest BCUT2D eigenvalue weighted by Gasteiger charge is -2.32. The molecule has 26 heavy (non-hydrogen) atoms. The number of hydrogen-bond acceptors (Lipinski definition) is 6. The molecule has 3 amide bonds. The molecule has 2 N–H and O–H groups in total. The molecular formula is C18H19N3O4S. The first-order chi connectivity index (χ1) is 12.6. The number of benzene rings is 1. The van der Waals surface area contributed by atoms with Gasteiger partial charge in [0.1, 0.15) is 0 Å². The number of nitrogens with one attached hydrogen (secondary N) is 2. The van der Waals surface area contributed by atoms with Crippen LogP contribution in [-0.2, 0) is 11.2 Å². The summed E-state index contributed by atoms with van der Waals surface area (Å²) in [6, 6.07) is 6.80. The second-order valence-corrected chi connectivity index (χ2v) is 7.27. The number of hydrogen-bond donors (Lipinski definition) is 2. The van der Waals surface area contributed by atoms with Crippen molar-refractivity contribution in [2.75, 3.05) is 25.2 Å². The standard InChI is InChI=1S/C18H19N3O4S/c1-11-13-5-7-26-16(13)4-6-21(11)9-17(22)20-18(23)19-12-2-3-14-15(8-12)25-10-24-14/h2-3,5,7-8,11H,4,6,9-10H2,1H3,(H2,19,20,22,23)/t11-/m0/s1. The predicted molar refractivity (Wildman–Crippen MR) is 97.7 cm³/mol. The zero-order valence-corrected chi connectivity index (χ0v) is 15.1. The summed E-state index contributed by atoms with van der Waals surface area (Å²) in [5, 5.41) is 7.11. The summed E-state index contributed by atoms with van der Waals surface area (Å²) in [7, 11) is 0. The van der Waals surface area contributed by atoms with Gasteiger partial charge in [-0.2, -0.15) is 0 Å². The smallest absolute Gasteiger partial charge is 0.325 e. The summed E-state index contributed by atoms with van der Waals surface area (Å²) in [5.74, 6) is 0.885. The molecule has 7 nitrogen and oxygen atoms in total. The van der Waals surface area contributed by atoms with Crippen LogP contribution < -0.4 is 20.1 Å². The average Bonchev–Trinajstić information content (AvgIpc) is 3.26. The van der Waals surface area contributed by atoms with Gasteiger partial charge in [0, 0.05) is 29.2 Å². The van der Waals surface area contributed by atoms with Crippen molar-refractivity contribution in [3.8, 4) is 11.5 Å². The molecule has 1 aromatic carbocycles. The Morgan fingerprint density at radius 1 is 1.27 bits per heavy atom. The fourth-order valence-electron chi connectivity index (χ4n) is 3.26. The number of anilines is 1. The van der Waals surface area contributed by atoms with Crippen LogP contribution in [0.1, 0.15) is 23.4 Å². The minimum absolute atomic E-state index is 0.170. The van der Waals surface area contributed by atoms with Crippen LogP contribution >= 0.6 is 11.3 Å². The Morgan fingerprint density at radius 2 is 2.12 bits per heavy atom. The molecule has 0 unspecified atom stereocenters. The highest BCUT2D eigenvalue weighted by Gasteiger charge is 2.26. The van der Waals surface area contributed by atoms with Gasteiger partial charge >= 0.3 is 6.03 Å². The molecule has 0 radical (unpaired) electrons. The van der Waals surface area contributed by atoms with Crippen molar-refractivity contribution >= 4 is 29.0 Å². The van der Waals surface area contributed by atoms with E-state index in [9.17, 15) is 9.59 Å². The van der Waals surface area contributed by atoms with Crippen molar-refractivity contribution in [2.24, 2.45) is 0 Å². The molecule has 2 aromatic rings. The van der Waals surface area contributed by atoms with Crippen LogP contribution in [0, 0.1) is 0 Å². The van der Waals surface area contributed by atoms with Gasteiger partial charge in [0.05, 0.1) is 6.54 Å². The molecule has 0 bridgehead atoms. The zero-order valence-electron chi connectivity index (χ0n) is 14.3. The second kappa shape index (κ2) is 6.97. The quantitative estimate of drug-likeness (QED) is 0.865. The number of urea groups is 1. The number of amides is 3. The highest BCUT2D eigenvalue weighted by Crippen LogP contribution is 2.34. The number of ether oxygens (including phenoxy) is 2. The summed E-state index contributed by atoms with van der Waals surface area (Å²) in [4.78, 5) is 27.8. The van der Waals surface area contributed by atoms with Gasteiger partial charge in [-0.25, -0.2) is 4.79 Å². The third-order valence-electron chi connectivity index (χ3n) is 4.63. The van der Waals surface area contributed by atoms with E-state index in [1.54, 1.807) is 29.5 Å². The maximum atomic E-state index is 12.2. The lowest BCUT2D eigenvalue weighted by Crippen LogP contribution is -2.44. The third-order valence-corrected chi connectivity index (χ3v) is 5.63. The number of fused-ring (bicyclic) bond motifs is 2. The first kappa shape index (κ1) is 16.9. The van der Waals surface area contributed by atoms with Gasteiger partial charge in [0.25, 0.3) is 0 Å². The van der Waals surface area contributed by atoms with Gasteiger partial charge in [-0.05, 0) is 42.5 Å². The summed E-state index contributed by atoms with van der Waals surface area (Å²) < 4.78 is 10.5. The minimum atomic E-state index is -0.560. The molecule has 1 aromatic heterocycles. The molecule has 1 atom stereocenters. The summed E-state index contributed by atoms with van der Waals surface area (Å²) in [5.41, 5.74) is 1.81. The molecule has 3 heterocycles. The zero-order chi connectivity index (χ0) is 18.1. The highest BCUT2D eigenvalue weighted by molar-refractivity contribution is 7.10. The first-order valence-corrected chi connectivity index (χ1v) is 9.29. The monoisotopic (exact) mass is 373 g/mol. The summed E-state index contributed by atoms with van der Waals surface area (Å²) >= 11 is 1.76. The molecule has 8 heteroatoms. The Labute approximate surface area is 154 Å². The Bertz CT molecular complexity index is 851. The second-order valence-electron chi connectivity index (χ2n) is 6.27. The van der Waals surface area contributed by atoms with Crippen molar-refractivity contribution in [2.45, 2.75) is 19.4 Å². The molecule has 0 spiro atoms. The van der Waals surface area contributed by atoms with E-state index in [1.807, 2.05) is 0 Å². The molecular weight excluding hydrogens is 354 g/mol. The van der Waals surface area contributed by atoms with Crippen LogP contribution in [0.25, 0.3) is 0 Å². The van der Waals surface area contributed by atoms with Crippen LogP contribution in [0.2, 0.25) is 0 Å². The fraction of sp³-hybridized carbons (Fsp3) is 0.333. The Morgan fingerprint density at radius 3 is 3.00 bits per heavy atom. The number of carbonyl (C=O) groups is 2. The topological polar surface area (TPSA) is 79.9 Å². The third kappa shape index (κ3) is 3.38. The van der Waals surface area contributed by atoms with Gasteiger partial charge in [-0.3, -0.25) is 15.0 Å². The van der Waals surface area contributed by atoms with E-state index in [0.717, 1.165) is 13.0 Å². The lowest BCUT2D eigenvalue weighted by molar-refractivity contribution is -0.121. The predicted octanol–water partition coefficient (Wildman–Crippen LogP) is 2.74. The molecule has 2 aliphatic heterocycles. The van der Waals surface area contributed by atoms with E-state index in [0.29, 0.717) is 17.2 Å². The van der Waals surface area contributed by atoms with Gasteiger partial charge in [0.2, 0.25) is 12.7 Å². The lowest BCUT2D eigenvalue weighted by atomic mass is 10.0. The van der Waals surface area contributed by atoms with Crippen molar-refractivity contribution in [1.29, 1.82) is 0 Å². The first-order valence-electron chi connectivity index (χ1n) is 8.41. The summed E-state index contributed by atoms with van der Waals surface area (Å²) in [6.45, 7) is 3.25. The van der Waals surface area contributed by atoms with Gasteiger partial charge in [0.15, 0.2) is 11.5 Å². The van der Waals surface area contributed by atoms with E-state index in [-0.39, 0.29) is 25.3 Å². The van der Waals surface area contributed by atoms with Crippen molar-refractivity contribution in [3.63, 3.8) is 0 Å². The van der Waals surface area contributed by atoms with Crippen LogP contribution in [0.5, 0.6) is 11.5 Å². The van der Waals surface area contributed by atoms with Gasteiger partial charge < -0.3 is 14.8 Å². The van der Waals surface area contributed by atoms with Crippen molar-refractivity contribution in [1.82, 2.24) is 10.2 Å². The molecule has 2 aliphatic rings. The van der Waals surface area contributed by atoms with Crippen molar-refractivity contribution in [3.05, 3.63) is 40.1 Å². The maximum Gasteiger partial charge on any atom is 0.325 e. The van der Waals surface area contributed by atoms with Crippen LogP contribution in [0.4, 0.5) is 10.5 Å². The largest absolute Gasteiger partial charge is 0.454 e. The van der Waals surface area contributed by atoms with Gasteiger partial charge in [-0.15, -0.1) is 11.3 Å². The normalized spacial score (nSPS) is 18.3. The Kier molecular flexibility index (Phi) is 4.52. The number of nitrogens with zero attached hydrogens (tertiary/aromatic N) is 1. The summed E-state index contributed by atoms with van der Waals surface area (Å²) in [6.07, 6.45) is 0.939. The Hall–Kier alpha value is -2.58. The molecule has 4 rings (SSSR count). The van der Waals surface area contributed by atoms with E-state index in [1.165, 1.54) is 10.4 Å². The number of thiophene rings is 1. The molecule has 136 valence electrons. The molecule has 0 aliphatic carbocycles. The molecule has 0 saturated heterocycles. The van der Waals surface area contributed by atoms with Crippen molar-refractivity contribution < 1.29 is 19.1 Å². The van der Waals surface area contributed by atoms with E-state index >= 15 is 0 Å². The van der Waals surface area contributed by atoms with Gasteiger partial charge in [-0.1, -0.05) is 0 Å². The SMILES string of the molecule is C[C@H]1c2ccsc2CCN1CC(=O)NC(=O)Nc1ccc2c(c1)OCO2. The highest BCUT2D eigenvalue weighted by atomic mass is 32.1. The Balaban J connectivity index is 1.31. The van der Waals surface area contributed by atoms with E-state index < -0.39 is 6.03 Å². The average molecular weight is 373 g/mol. The number of imide groups is 1. The minimum Gasteiger partial charge on any atom is -0.454 e. The fourth-order valence-corrected chi connectivity index (χ4v) is 4.23. The van der Waals surface area contributed by atoms with E-state index in [2.05, 4.69) is 33.9 Å². The number of rotatable bonds is 3. The van der Waals surface area contributed by atoms with Crippen LogP contribution in [0.15, 0.2) is 29.6 Å². The number of carbonyl (C=O) groups excluding carboxylic acids is 2. The van der Waals surface area contributed by atoms with Crippen LogP contribution in [0.3, 0.4) is 0 Å².